The van der Waals surface area contributed by atoms with Crippen molar-refractivity contribution in [3.05, 3.63) is 0 Å². The predicted octanol–water partition coefficient (Wildman–Crippen LogP) is 26.0. The second kappa shape index (κ2) is 77.8. The van der Waals surface area contributed by atoms with E-state index < -0.39 is 97.5 Å². The van der Waals surface area contributed by atoms with Crippen LogP contribution in [0.3, 0.4) is 0 Å². The highest BCUT2D eigenvalue weighted by atomic mass is 31.2. The average Bonchev–Trinajstić information content (AvgIpc) is 0.919. The smallest absolute Gasteiger partial charge is 0.462 e. The molecule has 0 heterocycles. The largest absolute Gasteiger partial charge is 0.472 e. The van der Waals surface area contributed by atoms with Crippen LogP contribution in [0, 0.1) is 5.92 Å². The van der Waals surface area contributed by atoms with Gasteiger partial charge in [0, 0.05) is 25.7 Å². The number of aliphatic hydroxyl groups excluding tert-OH is 1. The first kappa shape index (κ1) is 102. The van der Waals surface area contributed by atoms with Crippen LogP contribution >= 0.6 is 15.6 Å². The lowest BCUT2D eigenvalue weighted by Gasteiger charge is -2.21. The van der Waals surface area contributed by atoms with Gasteiger partial charge in [0.1, 0.15) is 19.3 Å². The topological polar surface area (TPSA) is 237 Å². The molecular formula is C85H166O17P2. The first-order chi connectivity index (χ1) is 50.5. The van der Waals surface area contributed by atoms with Gasteiger partial charge in [-0.15, -0.1) is 0 Å². The van der Waals surface area contributed by atoms with E-state index in [4.69, 9.17) is 37.0 Å². The molecule has 2 unspecified atom stereocenters. The van der Waals surface area contributed by atoms with Crippen molar-refractivity contribution >= 4 is 39.5 Å². The summed E-state index contributed by atoms with van der Waals surface area (Å²) >= 11 is 0. The van der Waals surface area contributed by atoms with Crippen LogP contribution in [0.15, 0.2) is 0 Å². The van der Waals surface area contributed by atoms with Crippen molar-refractivity contribution in [2.75, 3.05) is 39.6 Å². The third-order valence-corrected chi connectivity index (χ3v) is 21.9. The standard InChI is InChI=1S/C85H166O17P2/c1-6-9-12-15-18-21-24-27-30-33-35-36-37-39-42-45-48-51-54-61-66-70-84(89)101-80(74-95-82(87)68-63-58-52-49-46-43-41-38-34-31-28-25-22-19-16-13-10-7-2)76-99-103(91,92)97-72-79(86)73-98-104(93,94)100-77-81(75-96-83(88)69-64-59-56-55-57-62-67-78(4)5)102-85(90)71-65-60-53-50-47-44-40-32-29-26-23-20-17-14-11-8-3/h78-81,86H,6-77H2,1-5H3,(H,91,92)(H,93,94)/t79-,80-,81-/m1/s1. The summed E-state index contributed by atoms with van der Waals surface area (Å²) in [4.78, 5) is 73.1. The molecule has 5 atom stereocenters. The second-order valence-corrected chi connectivity index (χ2v) is 34.0. The molecule has 0 rings (SSSR count). The molecule has 0 aliphatic rings. The predicted molar refractivity (Wildman–Crippen MR) is 428 cm³/mol. The molecule has 618 valence electrons. The number of esters is 4. The van der Waals surface area contributed by atoms with E-state index in [9.17, 15) is 43.2 Å². The lowest BCUT2D eigenvalue weighted by atomic mass is 10.0. The molecule has 0 aromatic carbocycles. The van der Waals surface area contributed by atoms with Crippen molar-refractivity contribution in [1.82, 2.24) is 0 Å². The number of hydrogen-bond acceptors (Lipinski definition) is 15. The van der Waals surface area contributed by atoms with E-state index in [0.29, 0.717) is 31.6 Å². The zero-order valence-electron chi connectivity index (χ0n) is 68.2. The van der Waals surface area contributed by atoms with Crippen LogP contribution in [-0.2, 0) is 65.4 Å². The molecule has 0 aromatic heterocycles. The van der Waals surface area contributed by atoms with Crippen molar-refractivity contribution in [2.24, 2.45) is 5.92 Å². The van der Waals surface area contributed by atoms with E-state index in [1.807, 2.05) is 0 Å². The Kier molecular flexibility index (Phi) is 76.3. The Hall–Kier alpha value is -1.94. The minimum Gasteiger partial charge on any atom is -0.462 e. The Labute approximate surface area is 638 Å². The molecular weight excluding hydrogens is 1350 g/mol. The van der Waals surface area contributed by atoms with Crippen LogP contribution in [0.4, 0.5) is 0 Å². The van der Waals surface area contributed by atoms with Crippen LogP contribution in [0.1, 0.15) is 458 Å². The summed E-state index contributed by atoms with van der Waals surface area (Å²) in [6.45, 7) is 7.28. The fourth-order valence-electron chi connectivity index (χ4n) is 13.3. The zero-order chi connectivity index (χ0) is 76.2. The van der Waals surface area contributed by atoms with Crippen LogP contribution in [0.5, 0.6) is 0 Å². The highest BCUT2D eigenvalue weighted by molar-refractivity contribution is 7.47. The summed E-state index contributed by atoms with van der Waals surface area (Å²) in [5, 5.41) is 10.7. The molecule has 19 heteroatoms. The van der Waals surface area contributed by atoms with Crippen LogP contribution < -0.4 is 0 Å². The number of carbonyl (C=O) groups excluding carboxylic acids is 4. The molecule has 0 aromatic rings. The van der Waals surface area contributed by atoms with Crippen LogP contribution in [0.25, 0.3) is 0 Å². The lowest BCUT2D eigenvalue weighted by Crippen LogP contribution is -2.30. The number of hydrogen-bond donors (Lipinski definition) is 3. The number of aliphatic hydroxyl groups is 1. The van der Waals surface area contributed by atoms with Gasteiger partial charge in [0.05, 0.1) is 26.4 Å². The van der Waals surface area contributed by atoms with Gasteiger partial charge < -0.3 is 33.8 Å². The van der Waals surface area contributed by atoms with E-state index in [1.54, 1.807) is 0 Å². The highest BCUT2D eigenvalue weighted by Crippen LogP contribution is 2.45. The molecule has 0 saturated heterocycles. The van der Waals surface area contributed by atoms with Gasteiger partial charge in [-0.3, -0.25) is 37.3 Å². The van der Waals surface area contributed by atoms with Gasteiger partial charge in [0.15, 0.2) is 12.2 Å². The third kappa shape index (κ3) is 78.2. The maximum Gasteiger partial charge on any atom is 0.472 e. The van der Waals surface area contributed by atoms with Crippen LogP contribution in [-0.4, -0.2) is 96.7 Å². The summed E-state index contributed by atoms with van der Waals surface area (Å²) in [7, 11) is -9.92. The van der Waals surface area contributed by atoms with Crippen molar-refractivity contribution in [1.29, 1.82) is 0 Å². The molecule has 0 aliphatic carbocycles. The molecule has 17 nitrogen and oxygen atoms in total. The summed E-state index contributed by atoms with van der Waals surface area (Å²) < 4.78 is 68.8. The Balaban J connectivity index is 5.20. The molecule has 0 spiro atoms. The SMILES string of the molecule is CCCCCCCCCCCCCCCCCCCCCCCC(=O)O[C@H](COC(=O)CCCCCCCCCCCCCCCCCCCC)COP(=O)(O)OC[C@@H](O)COP(=O)(O)OC[C@@H](COC(=O)CCCCCCCCC(C)C)OC(=O)CCCCCCCCCCCCCCCCCC. The monoisotopic (exact) mass is 1520 g/mol. The molecule has 0 fully saturated rings. The first-order valence-corrected chi connectivity index (χ1v) is 47.1. The average molecular weight is 1520 g/mol. The molecule has 0 aliphatic heterocycles. The van der Waals surface area contributed by atoms with E-state index in [1.165, 1.54) is 276 Å². The number of phosphoric acid groups is 2. The maximum atomic E-state index is 13.1. The van der Waals surface area contributed by atoms with Gasteiger partial charge in [0.2, 0.25) is 0 Å². The Morgan fingerprint density at radius 1 is 0.260 bits per heavy atom. The summed E-state index contributed by atoms with van der Waals surface area (Å²) in [5.41, 5.74) is 0. The third-order valence-electron chi connectivity index (χ3n) is 20.0. The van der Waals surface area contributed by atoms with Crippen molar-refractivity contribution in [2.45, 2.75) is 477 Å². The Morgan fingerprint density at radius 3 is 0.654 bits per heavy atom. The quantitative estimate of drug-likeness (QED) is 0.0222. The fraction of sp³-hybridized carbons (Fsp3) is 0.953. The number of phosphoric ester groups is 2. The second-order valence-electron chi connectivity index (χ2n) is 31.1. The first-order valence-electron chi connectivity index (χ1n) is 44.1. The maximum absolute atomic E-state index is 13.1. The Morgan fingerprint density at radius 2 is 0.442 bits per heavy atom. The molecule has 0 saturated carbocycles. The minimum absolute atomic E-state index is 0.108. The van der Waals surface area contributed by atoms with Gasteiger partial charge in [0.25, 0.3) is 0 Å². The highest BCUT2D eigenvalue weighted by Gasteiger charge is 2.30. The Bertz CT molecular complexity index is 1980. The summed E-state index contributed by atoms with van der Waals surface area (Å²) in [6.07, 6.45) is 71.1. The van der Waals surface area contributed by atoms with Gasteiger partial charge in [-0.25, -0.2) is 9.13 Å². The molecule has 104 heavy (non-hydrogen) atoms. The number of carbonyl (C=O) groups is 4. The zero-order valence-corrected chi connectivity index (χ0v) is 70.0. The van der Waals surface area contributed by atoms with Gasteiger partial charge in [-0.2, -0.15) is 0 Å². The minimum atomic E-state index is -4.96. The summed E-state index contributed by atoms with van der Waals surface area (Å²) in [5.74, 6) is -1.42. The number of rotatable bonds is 85. The normalized spacial score (nSPS) is 13.8. The number of ether oxygens (including phenoxy) is 4. The van der Waals surface area contributed by atoms with Gasteiger partial charge >= 0.3 is 39.5 Å². The van der Waals surface area contributed by atoms with E-state index in [0.717, 1.165) is 96.3 Å². The molecule has 0 bridgehead atoms. The van der Waals surface area contributed by atoms with E-state index in [-0.39, 0.29) is 25.7 Å². The molecule has 3 N–H and O–H groups in total. The summed E-state index contributed by atoms with van der Waals surface area (Å²) in [6, 6.07) is 0. The van der Waals surface area contributed by atoms with Gasteiger partial charge in [-0.05, 0) is 31.6 Å². The van der Waals surface area contributed by atoms with E-state index in [2.05, 4.69) is 34.6 Å². The van der Waals surface area contributed by atoms with Crippen molar-refractivity contribution in [3.63, 3.8) is 0 Å². The van der Waals surface area contributed by atoms with E-state index >= 15 is 0 Å². The van der Waals surface area contributed by atoms with Crippen LogP contribution in [0.2, 0.25) is 0 Å². The molecule has 0 radical (unpaired) electrons. The lowest BCUT2D eigenvalue weighted by molar-refractivity contribution is -0.161. The van der Waals surface area contributed by atoms with Crippen molar-refractivity contribution < 1.29 is 80.2 Å². The number of unbranched alkanes of at least 4 members (excludes halogenated alkanes) is 57. The van der Waals surface area contributed by atoms with Crippen molar-refractivity contribution in [3.8, 4) is 0 Å². The molecule has 0 amide bonds. The fourth-order valence-corrected chi connectivity index (χ4v) is 14.9. The van der Waals surface area contributed by atoms with Gasteiger partial charge in [-0.1, -0.05) is 407 Å².